The number of aryl methyl sites for hydroxylation is 3. The molecule has 0 bridgehead atoms. The molecule has 1 saturated carbocycles. The highest BCUT2D eigenvalue weighted by Crippen LogP contribution is 2.27. The quantitative estimate of drug-likeness (QED) is 0.322. The Kier molecular flexibility index (Phi) is 6.61. The fourth-order valence-corrected chi connectivity index (χ4v) is 5.32. The molecule has 1 fully saturated rings. The number of carbonyl (C=O) groups is 1. The standard InChI is InChI=1S/C29H33N3O2/c1-20-10-13-25-24(16-20)28(34)17-26(31-25)27(33)14-12-23-19-32-18-22(11-15-29(32)30-23)9-5-8-21-6-3-2-4-7-21/h10-11,13,15-19,21H,2-9,12,14H2,1H3,(H,31,34). The van der Waals surface area contributed by atoms with E-state index in [2.05, 4.69) is 32.7 Å². The zero-order chi connectivity index (χ0) is 23.5. The number of pyridine rings is 2. The largest absolute Gasteiger partial charge is 0.352 e. The molecule has 0 amide bonds. The number of fused-ring (bicyclic) bond motifs is 2. The van der Waals surface area contributed by atoms with Crippen LogP contribution < -0.4 is 5.43 Å². The van der Waals surface area contributed by atoms with E-state index in [1.54, 1.807) is 0 Å². The van der Waals surface area contributed by atoms with Crippen molar-refractivity contribution < 1.29 is 4.79 Å². The van der Waals surface area contributed by atoms with E-state index >= 15 is 0 Å². The number of benzene rings is 1. The summed E-state index contributed by atoms with van der Waals surface area (Å²) in [6, 6.07) is 11.3. The molecule has 0 saturated heterocycles. The third kappa shape index (κ3) is 5.14. The second-order valence-corrected chi connectivity index (χ2v) is 9.95. The van der Waals surface area contributed by atoms with Crippen LogP contribution in [0.2, 0.25) is 0 Å². The number of carbonyl (C=O) groups excluding carboxylic acids is 1. The maximum absolute atomic E-state index is 12.8. The van der Waals surface area contributed by atoms with Crippen molar-refractivity contribution in [3.63, 3.8) is 0 Å². The molecule has 0 radical (unpaired) electrons. The van der Waals surface area contributed by atoms with Crippen LogP contribution in [0.3, 0.4) is 0 Å². The number of aromatic amines is 1. The van der Waals surface area contributed by atoms with Crippen molar-refractivity contribution in [2.45, 2.75) is 71.1 Å². The lowest BCUT2D eigenvalue weighted by molar-refractivity contribution is 0.0978. The Morgan fingerprint density at radius 3 is 2.76 bits per heavy atom. The third-order valence-corrected chi connectivity index (χ3v) is 7.26. The normalized spacial score (nSPS) is 14.7. The molecule has 176 valence electrons. The van der Waals surface area contributed by atoms with Gasteiger partial charge in [-0.3, -0.25) is 9.59 Å². The monoisotopic (exact) mass is 455 g/mol. The Hall–Kier alpha value is -3.21. The summed E-state index contributed by atoms with van der Waals surface area (Å²) in [5.74, 6) is 0.858. The van der Waals surface area contributed by atoms with Crippen LogP contribution in [0.5, 0.6) is 0 Å². The maximum atomic E-state index is 12.8. The van der Waals surface area contributed by atoms with Crippen molar-refractivity contribution in [3.05, 3.63) is 81.5 Å². The predicted molar refractivity (Wildman–Crippen MR) is 137 cm³/mol. The molecule has 1 aromatic carbocycles. The Morgan fingerprint density at radius 1 is 1.06 bits per heavy atom. The third-order valence-electron chi connectivity index (χ3n) is 7.26. The van der Waals surface area contributed by atoms with E-state index in [1.807, 2.05) is 31.3 Å². The predicted octanol–water partition coefficient (Wildman–Crippen LogP) is 6.20. The van der Waals surface area contributed by atoms with Gasteiger partial charge in [-0.05, 0) is 55.9 Å². The Morgan fingerprint density at radius 2 is 1.91 bits per heavy atom. The molecule has 3 heterocycles. The number of H-pyrrole nitrogens is 1. The number of nitrogens with one attached hydrogen (secondary N) is 1. The Balaban J connectivity index is 1.21. The highest BCUT2D eigenvalue weighted by Gasteiger charge is 2.14. The first-order valence-electron chi connectivity index (χ1n) is 12.7. The zero-order valence-electron chi connectivity index (χ0n) is 20.0. The molecular formula is C29H33N3O2. The van der Waals surface area contributed by atoms with Gasteiger partial charge in [-0.1, -0.05) is 56.2 Å². The first kappa shape index (κ1) is 22.6. The zero-order valence-corrected chi connectivity index (χ0v) is 20.0. The van der Waals surface area contributed by atoms with Gasteiger partial charge in [0.1, 0.15) is 5.65 Å². The summed E-state index contributed by atoms with van der Waals surface area (Å²) in [5.41, 5.74) is 5.11. The van der Waals surface area contributed by atoms with Crippen LogP contribution in [0, 0.1) is 12.8 Å². The summed E-state index contributed by atoms with van der Waals surface area (Å²) in [6.07, 6.45) is 15.8. The highest BCUT2D eigenvalue weighted by molar-refractivity contribution is 5.96. The molecular weight excluding hydrogens is 422 g/mol. The first-order valence-corrected chi connectivity index (χ1v) is 12.7. The summed E-state index contributed by atoms with van der Waals surface area (Å²) >= 11 is 0. The number of hydrogen-bond donors (Lipinski definition) is 1. The van der Waals surface area contributed by atoms with Crippen molar-refractivity contribution in [3.8, 4) is 0 Å². The summed E-state index contributed by atoms with van der Waals surface area (Å²) in [7, 11) is 0. The van der Waals surface area contributed by atoms with Gasteiger partial charge in [0.2, 0.25) is 0 Å². The lowest BCUT2D eigenvalue weighted by atomic mass is 9.85. The Labute approximate surface area is 200 Å². The smallest absolute Gasteiger partial charge is 0.190 e. The topological polar surface area (TPSA) is 67.2 Å². The fraction of sp³-hybridized carbons (Fsp3) is 0.414. The van der Waals surface area contributed by atoms with Gasteiger partial charge < -0.3 is 9.38 Å². The second-order valence-electron chi connectivity index (χ2n) is 9.95. The average molecular weight is 456 g/mol. The molecule has 0 aliphatic heterocycles. The summed E-state index contributed by atoms with van der Waals surface area (Å²) < 4.78 is 2.08. The molecule has 0 unspecified atom stereocenters. The summed E-state index contributed by atoms with van der Waals surface area (Å²) in [6.45, 7) is 1.95. The minimum absolute atomic E-state index is 0.0694. The molecule has 5 rings (SSSR count). The van der Waals surface area contributed by atoms with Gasteiger partial charge in [0.15, 0.2) is 11.2 Å². The molecule has 5 heteroatoms. The number of nitrogens with zero attached hydrogens (tertiary/aromatic N) is 2. The number of imidazole rings is 1. The minimum Gasteiger partial charge on any atom is -0.352 e. The van der Waals surface area contributed by atoms with E-state index in [0.29, 0.717) is 29.4 Å². The second kappa shape index (κ2) is 9.96. The van der Waals surface area contributed by atoms with Gasteiger partial charge in [-0.15, -0.1) is 0 Å². The number of rotatable bonds is 8. The fourth-order valence-electron chi connectivity index (χ4n) is 5.32. The van der Waals surface area contributed by atoms with Gasteiger partial charge in [0, 0.05) is 35.8 Å². The van der Waals surface area contributed by atoms with E-state index in [1.165, 1.54) is 56.6 Å². The van der Waals surface area contributed by atoms with E-state index in [0.717, 1.165) is 29.2 Å². The summed E-state index contributed by atoms with van der Waals surface area (Å²) in [4.78, 5) is 33.1. The van der Waals surface area contributed by atoms with Gasteiger partial charge in [-0.2, -0.15) is 0 Å². The van der Waals surface area contributed by atoms with E-state index in [4.69, 9.17) is 0 Å². The Bertz CT molecular complexity index is 1380. The van der Waals surface area contributed by atoms with Gasteiger partial charge in [-0.25, -0.2) is 4.98 Å². The molecule has 5 nitrogen and oxygen atoms in total. The highest BCUT2D eigenvalue weighted by atomic mass is 16.1. The molecule has 1 aliphatic carbocycles. The van der Waals surface area contributed by atoms with Crippen LogP contribution in [0.25, 0.3) is 16.6 Å². The molecule has 4 aromatic rings. The van der Waals surface area contributed by atoms with Crippen molar-refractivity contribution in [2.75, 3.05) is 0 Å². The van der Waals surface area contributed by atoms with Crippen molar-refractivity contribution in [1.82, 2.24) is 14.4 Å². The van der Waals surface area contributed by atoms with Crippen molar-refractivity contribution >= 4 is 22.3 Å². The van der Waals surface area contributed by atoms with Crippen LogP contribution in [0.4, 0.5) is 0 Å². The molecule has 0 spiro atoms. The van der Waals surface area contributed by atoms with Crippen molar-refractivity contribution in [1.29, 1.82) is 0 Å². The molecule has 1 aliphatic rings. The number of aromatic nitrogens is 3. The van der Waals surface area contributed by atoms with Crippen LogP contribution in [-0.2, 0) is 12.8 Å². The minimum atomic E-state index is -0.121. The molecule has 34 heavy (non-hydrogen) atoms. The van der Waals surface area contributed by atoms with Crippen molar-refractivity contribution in [2.24, 2.45) is 5.92 Å². The van der Waals surface area contributed by atoms with Crippen LogP contribution >= 0.6 is 0 Å². The first-order chi connectivity index (χ1) is 16.5. The molecule has 0 atom stereocenters. The molecule has 1 N–H and O–H groups in total. The van der Waals surface area contributed by atoms with Gasteiger partial charge >= 0.3 is 0 Å². The van der Waals surface area contributed by atoms with E-state index in [-0.39, 0.29) is 11.2 Å². The number of ketones is 1. The SMILES string of the molecule is Cc1ccc2[nH]c(C(=O)CCc3cn4cc(CCCC5CCCCC5)ccc4n3)cc(=O)c2c1. The van der Waals surface area contributed by atoms with E-state index < -0.39 is 0 Å². The summed E-state index contributed by atoms with van der Waals surface area (Å²) in [5, 5.41) is 0.617. The van der Waals surface area contributed by atoms with Gasteiger partial charge in [0.25, 0.3) is 0 Å². The van der Waals surface area contributed by atoms with Gasteiger partial charge in [0.05, 0.1) is 11.4 Å². The van der Waals surface area contributed by atoms with Crippen LogP contribution in [-0.4, -0.2) is 20.2 Å². The number of Topliss-reactive ketones (excluding diaryl/α,β-unsaturated/α-hetero) is 1. The van der Waals surface area contributed by atoms with Crippen LogP contribution in [0.15, 0.2) is 53.6 Å². The average Bonchev–Trinajstić information content (AvgIpc) is 3.26. The lowest BCUT2D eigenvalue weighted by Gasteiger charge is -2.21. The lowest BCUT2D eigenvalue weighted by Crippen LogP contribution is -2.11. The van der Waals surface area contributed by atoms with Crippen LogP contribution in [0.1, 0.15) is 78.7 Å². The number of hydrogen-bond acceptors (Lipinski definition) is 3. The van der Waals surface area contributed by atoms with E-state index in [9.17, 15) is 9.59 Å². The molecule has 3 aromatic heterocycles. The maximum Gasteiger partial charge on any atom is 0.190 e.